The van der Waals surface area contributed by atoms with E-state index in [-0.39, 0.29) is 12.1 Å². The fraction of sp³-hybridized carbons (Fsp3) is 0.552. The number of rotatable bonds is 11. The molecule has 2 amide bonds. The minimum absolute atomic E-state index is 0.0915. The van der Waals surface area contributed by atoms with E-state index in [0.29, 0.717) is 12.5 Å². The number of unbranched alkanes of at least 4 members (excludes halogenated alkanes) is 1. The summed E-state index contributed by atoms with van der Waals surface area (Å²) >= 11 is 0. The number of piperidine rings is 1. The maximum absolute atomic E-state index is 14.4. The summed E-state index contributed by atoms with van der Waals surface area (Å²) in [6.07, 6.45) is 5.81. The molecule has 186 valence electrons. The number of ether oxygens (including phenoxy) is 1. The summed E-state index contributed by atoms with van der Waals surface area (Å²) in [5.74, 6) is 1.30. The van der Waals surface area contributed by atoms with Gasteiger partial charge in [0.2, 0.25) is 5.72 Å². The van der Waals surface area contributed by atoms with Crippen molar-refractivity contribution in [3.05, 3.63) is 66.2 Å². The van der Waals surface area contributed by atoms with E-state index in [4.69, 9.17) is 4.74 Å². The molecule has 1 aliphatic rings. The van der Waals surface area contributed by atoms with Gasteiger partial charge in [0.15, 0.2) is 0 Å². The average molecular weight is 466 g/mol. The number of nitrogens with one attached hydrogen (secondary N) is 1. The van der Waals surface area contributed by atoms with Crippen molar-refractivity contribution in [3.63, 3.8) is 0 Å². The standard InChI is InChI=1S/C29H43N3O2/c1-5-6-20-31(26(23-30-4)22-24(2)3)28(33)32-21-14-13-19-29(32,25-15-9-7-10-16-25)34-27-17-11-8-12-18-27/h7-12,15-18,24,26,30H,5-6,13-14,19-23H2,1-4H3/t26-,29?/m0/s1. The first-order valence-corrected chi connectivity index (χ1v) is 13.0. The number of benzene rings is 2. The molecule has 2 aromatic carbocycles. The predicted molar refractivity (Wildman–Crippen MR) is 140 cm³/mol. The van der Waals surface area contributed by atoms with E-state index in [0.717, 1.165) is 62.9 Å². The second-order valence-corrected chi connectivity index (χ2v) is 9.84. The smallest absolute Gasteiger partial charge is 0.323 e. The summed E-state index contributed by atoms with van der Waals surface area (Å²) < 4.78 is 6.80. The molecule has 5 nitrogen and oxygen atoms in total. The van der Waals surface area contributed by atoms with Crippen LogP contribution < -0.4 is 10.1 Å². The Kier molecular flexibility index (Phi) is 9.82. The first-order chi connectivity index (χ1) is 16.5. The van der Waals surface area contributed by atoms with Crippen LogP contribution in [0.5, 0.6) is 5.75 Å². The van der Waals surface area contributed by atoms with Gasteiger partial charge in [-0.1, -0.05) is 75.7 Å². The molecule has 0 bridgehead atoms. The number of amides is 2. The molecule has 1 aliphatic heterocycles. The van der Waals surface area contributed by atoms with Crippen molar-refractivity contribution in [2.75, 3.05) is 26.7 Å². The van der Waals surface area contributed by atoms with Crippen LogP contribution in [0.3, 0.4) is 0 Å². The molecular weight excluding hydrogens is 422 g/mol. The Balaban J connectivity index is 2.04. The van der Waals surface area contributed by atoms with Gasteiger partial charge in [-0.3, -0.25) is 4.90 Å². The summed E-state index contributed by atoms with van der Waals surface area (Å²) in [6.45, 7) is 8.90. The quantitative estimate of drug-likeness (QED) is 0.426. The van der Waals surface area contributed by atoms with Crippen LogP contribution in [0.4, 0.5) is 4.79 Å². The molecule has 1 N–H and O–H groups in total. The third-order valence-corrected chi connectivity index (χ3v) is 6.69. The van der Waals surface area contributed by atoms with Crippen LogP contribution in [-0.2, 0) is 5.72 Å². The van der Waals surface area contributed by atoms with E-state index in [9.17, 15) is 4.79 Å². The number of nitrogens with zero attached hydrogens (tertiary/aromatic N) is 2. The van der Waals surface area contributed by atoms with E-state index in [1.807, 2.05) is 60.5 Å². The number of hydrogen-bond donors (Lipinski definition) is 1. The molecular formula is C29H43N3O2. The van der Waals surface area contributed by atoms with Gasteiger partial charge in [-0.25, -0.2) is 4.79 Å². The van der Waals surface area contributed by atoms with Crippen LogP contribution in [0, 0.1) is 5.92 Å². The second kappa shape index (κ2) is 12.8. The van der Waals surface area contributed by atoms with E-state index >= 15 is 0 Å². The van der Waals surface area contributed by atoms with Crippen LogP contribution in [-0.4, -0.2) is 48.6 Å². The molecule has 2 aromatic rings. The average Bonchev–Trinajstić information content (AvgIpc) is 2.85. The van der Waals surface area contributed by atoms with Gasteiger partial charge in [0.05, 0.1) is 0 Å². The van der Waals surface area contributed by atoms with Crippen LogP contribution in [0.2, 0.25) is 0 Å². The maximum Gasteiger partial charge on any atom is 0.323 e. The highest BCUT2D eigenvalue weighted by atomic mass is 16.5. The zero-order valence-electron chi connectivity index (χ0n) is 21.5. The molecule has 2 atom stereocenters. The van der Waals surface area contributed by atoms with Gasteiger partial charge in [-0.05, 0) is 50.8 Å². The van der Waals surface area contributed by atoms with Crippen molar-refractivity contribution in [1.29, 1.82) is 0 Å². The van der Waals surface area contributed by atoms with Crippen molar-refractivity contribution in [3.8, 4) is 5.75 Å². The zero-order valence-corrected chi connectivity index (χ0v) is 21.5. The van der Waals surface area contributed by atoms with Crippen LogP contribution in [0.15, 0.2) is 60.7 Å². The van der Waals surface area contributed by atoms with Gasteiger partial charge in [0, 0.05) is 37.7 Å². The van der Waals surface area contributed by atoms with Crippen molar-refractivity contribution < 1.29 is 9.53 Å². The number of urea groups is 1. The Morgan fingerprint density at radius 1 is 1.09 bits per heavy atom. The van der Waals surface area contributed by atoms with Gasteiger partial charge in [-0.15, -0.1) is 0 Å². The molecule has 0 radical (unpaired) electrons. The zero-order chi connectivity index (χ0) is 24.4. The third-order valence-electron chi connectivity index (χ3n) is 6.69. The van der Waals surface area contributed by atoms with Gasteiger partial charge < -0.3 is 15.0 Å². The Morgan fingerprint density at radius 3 is 2.38 bits per heavy atom. The highest BCUT2D eigenvalue weighted by Gasteiger charge is 2.47. The fourth-order valence-corrected chi connectivity index (χ4v) is 5.07. The number of carbonyl (C=O) groups is 1. The van der Waals surface area contributed by atoms with E-state index < -0.39 is 5.72 Å². The summed E-state index contributed by atoms with van der Waals surface area (Å²) in [5, 5.41) is 3.34. The molecule has 1 saturated heterocycles. The highest BCUT2D eigenvalue weighted by molar-refractivity contribution is 5.76. The normalized spacial score (nSPS) is 19.1. The fourth-order valence-electron chi connectivity index (χ4n) is 5.07. The van der Waals surface area contributed by atoms with E-state index in [2.05, 4.69) is 43.1 Å². The second-order valence-electron chi connectivity index (χ2n) is 9.84. The first-order valence-electron chi connectivity index (χ1n) is 13.0. The van der Waals surface area contributed by atoms with Crippen molar-refractivity contribution in [2.45, 2.75) is 71.1 Å². The van der Waals surface area contributed by atoms with Crippen LogP contribution >= 0.6 is 0 Å². The van der Waals surface area contributed by atoms with Crippen LogP contribution in [0.25, 0.3) is 0 Å². The summed E-state index contributed by atoms with van der Waals surface area (Å²) in [5.41, 5.74) is 0.223. The summed E-state index contributed by atoms with van der Waals surface area (Å²) in [4.78, 5) is 18.6. The van der Waals surface area contributed by atoms with Gasteiger partial charge in [0.1, 0.15) is 5.75 Å². The Bertz CT molecular complexity index is 858. The Labute approximate surface area is 206 Å². The number of para-hydroxylation sites is 1. The number of likely N-dealkylation sites (N-methyl/N-ethyl adjacent to an activating group) is 1. The lowest BCUT2D eigenvalue weighted by Crippen LogP contribution is -2.61. The first kappa shape index (κ1) is 26.1. The van der Waals surface area contributed by atoms with Crippen LogP contribution in [0.1, 0.15) is 64.9 Å². The molecule has 0 aliphatic carbocycles. The minimum Gasteiger partial charge on any atom is -0.464 e. The predicted octanol–water partition coefficient (Wildman–Crippen LogP) is 6.26. The molecule has 1 fully saturated rings. The van der Waals surface area contributed by atoms with E-state index in [1.54, 1.807) is 0 Å². The molecule has 34 heavy (non-hydrogen) atoms. The van der Waals surface area contributed by atoms with E-state index in [1.165, 1.54) is 0 Å². The molecule has 1 heterocycles. The lowest BCUT2D eigenvalue weighted by molar-refractivity contribution is -0.0979. The molecule has 5 heteroatoms. The number of likely N-dealkylation sites (tertiary alicyclic amines) is 1. The molecule has 3 rings (SSSR count). The van der Waals surface area contributed by atoms with Gasteiger partial charge in [-0.2, -0.15) is 0 Å². The Hall–Kier alpha value is -2.53. The summed E-state index contributed by atoms with van der Waals surface area (Å²) in [7, 11) is 1.98. The topological polar surface area (TPSA) is 44.8 Å². The highest BCUT2D eigenvalue weighted by Crippen LogP contribution is 2.40. The number of hydrogen-bond acceptors (Lipinski definition) is 3. The molecule has 0 aromatic heterocycles. The van der Waals surface area contributed by atoms with Gasteiger partial charge >= 0.3 is 6.03 Å². The van der Waals surface area contributed by atoms with Crippen molar-refractivity contribution >= 4 is 6.03 Å². The lowest BCUT2D eigenvalue weighted by Gasteiger charge is -2.49. The maximum atomic E-state index is 14.4. The van der Waals surface area contributed by atoms with Crippen molar-refractivity contribution in [2.24, 2.45) is 5.92 Å². The molecule has 0 saturated carbocycles. The van der Waals surface area contributed by atoms with Crippen molar-refractivity contribution in [1.82, 2.24) is 15.1 Å². The molecule has 0 spiro atoms. The largest absolute Gasteiger partial charge is 0.464 e. The minimum atomic E-state index is -0.815. The summed E-state index contributed by atoms with van der Waals surface area (Å²) in [6, 6.07) is 20.5. The monoisotopic (exact) mass is 465 g/mol. The SMILES string of the molecule is CCCCN(C(=O)N1CCCCC1(Oc1ccccc1)c1ccccc1)[C@H](CNC)CC(C)C. The third kappa shape index (κ3) is 6.32. The Morgan fingerprint density at radius 2 is 1.76 bits per heavy atom. The lowest BCUT2D eigenvalue weighted by atomic mass is 9.90. The number of carbonyl (C=O) groups excluding carboxylic acids is 1. The molecule has 1 unspecified atom stereocenters. The van der Waals surface area contributed by atoms with Gasteiger partial charge in [0.25, 0.3) is 0 Å².